The van der Waals surface area contributed by atoms with Crippen LogP contribution in [0.15, 0.2) is 60.1 Å². The zero-order valence-corrected chi connectivity index (χ0v) is 14.3. The number of carbonyl (C=O) groups is 1. The van der Waals surface area contributed by atoms with Crippen LogP contribution in [0.4, 0.5) is 11.6 Å². The van der Waals surface area contributed by atoms with E-state index in [-0.39, 0.29) is 5.91 Å². The first-order valence-electron chi connectivity index (χ1n) is 8.17. The number of fused-ring (bicyclic) bond motifs is 1. The van der Waals surface area contributed by atoms with E-state index >= 15 is 0 Å². The first kappa shape index (κ1) is 15.9. The highest BCUT2D eigenvalue weighted by molar-refractivity contribution is 6.06. The fourth-order valence-corrected chi connectivity index (χ4v) is 2.99. The highest BCUT2D eigenvalue weighted by Crippen LogP contribution is 2.34. The summed E-state index contributed by atoms with van der Waals surface area (Å²) in [5.74, 6) is 0.275. The summed E-state index contributed by atoms with van der Waals surface area (Å²) in [4.78, 5) is 17.2. The van der Waals surface area contributed by atoms with Crippen LogP contribution in [-0.4, -0.2) is 31.1 Å². The summed E-state index contributed by atoms with van der Waals surface area (Å²) in [5.41, 5.74) is 3.93. The first-order chi connectivity index (χ1) is 12.6. The van der Waals surface area contributed by atoms with Crippen LogP contribution in [0.1, 0.15) is 24.1 Å². The summed E-state index contributed by atoms with van der Waals surface area (Å²) in [7, 11) is 0. The number of nitrogens with one attached hydrogen (secondary N) is 2. The van der Waals surface area contributed by atoms with Crippen molar-refractivity contribution in [2.75, 3.05) is 10.6 Å². The van der Waals surface area contributed by atoms with Gasteiger partial charge in [0, 0.05) is 23.8 Å². The van der Waals surface area contributed by atoms with E-state index in [0.29, 0.717) is 17.2 Å². The number of rotatable bonds is 3. The van der Waals surface area contributed by atoms with Gasteiger partial charge in [0.2, 0.25) is 5.95 Å². The molecule has 1 aliphatic heterocycles. The number of benzene rings is 1. The third-order valence-electron chi connectivity index (χ3n) is 4.27. The van der Waals surface area contributed by atoms with E-state index in [9.17, 15) is 4.79 Å². The average molecular weight is 347 g/mol. The lowest BCUT2D eigenvalue weighted by Crippen LogP contribution is -2.31. The second-order valence-corrected chi connectivity index (χ2v) is 6.12. The van der Waals surface area contributed by atoms with Crippen molar-refractivity contribution in [2.45, 2.75) is 19.9 Å². The van der Waals surface area contributed by atoms with Crippen molar-refractivity contribution in [1.82, 2.24) is 25.2 Å². The van der Waals surface area contributed by atoms with E-state index in [1.54, 1.807) is 17.1 Å². The maximum atomic E-state index is 13.1. The summed E-state index contributed by atoms with van der Waals surface area (Å²) < 4.78 is 1.59. The zero-order valence-electron chi connectivity index (χ0n) is 14.3. The predicted octanol–water partition coefficient (Wildman–Crippen LogP) is 2.30. The molecule has 1 aromatic carbocycles. The molecule has 0 unspecified atom stereocenters. The Bertz CT molecular complexity index is 976. The molecular formula is C18H17N7O. The van der Waals surface area contributed by atoms with Crippen LogP contribution in [-0.2, 0) is 4.79 Å². The Labute approximate surface area is 150 Å². The second kappa shape index (κ2) is 6.40. The molecule has 1 aliphatic rings. The predicted molar refractivity (Wildman–Crippen MR) is 96.3 cm³/mol. The van der Waals surface area contributed by atoms with Gasteiger partial charge >= 0.3 is 0 Å². The number of aryl methyl sites for hydroxylation is 1. The highest BCUT2D eigenvalue weighted by Gasteiger charge is 2.34. The third kappa shape index (κ3) is 2.81. The lowest BCUT2D eigenvalue weighted by atomic mass is 9.96. The van der Waals surface area contributed by atoms with Gasteiger partial charge in [-0.1, -0.05) is 28.9 Å². The number of nitrogens with zero attached hydrogens (tertiary/aromatic N) is 5. The smallest absolute Gasteiger partial charge is 0.255 e. The molecule has 26 heavy (non-hydrogen) atoms. The number of tetrazole rings is 1. The van der Waals surface area contributed by atoms with E-state index < -0.39 is 6.04 Å². The number of carbonyl (C=O) groups excluding carboxylic acids is 1. The van der Waals surface area contributed by atoms with Gasteiger partial charge in [0.15, 0.2) is 0 Å². The van der Waals surface area contributed by atoms with Gasteiger partial charge in [-0.05, 0) is 48.0 Å². The van der Waals surface area contributed by atoms with Crippen molar-refractivity contribution in [1.29, 1.82) is 0 Å². The van der Waals surface area contributed by atoms with Crippen LogP contribution in [0, 0.1) is 6.92 Å². The number of hydrogen-bond donors (Lipinski definition) is 2. The van der Waals surface area contributed by atoms with Gasteiger partial charge in [0.25, 0.3) is 5.91 Å². The molecule has 0 radical (unpaired) electrons. The minimum atomic E-state index is -0.458. The van der Waals surface area contributed by atoms with Crippen LogP contribution in [0.25, 0.3) is 0 Å². The lowest BCUT2D eigenvalue weighted by molar-refractivity contribution is -0.113. The maximum absolute atomic E-state index is 13.1. The molecular weight excluding hydrogens is 330 g/mol. The molecule has 130 valence electrons. The highest BCUT2D eigenvalue weighted by atomic mass is 16.1. The van der Waals surface area contributed by atoms with Crippen molar-refractivity contribution >= 4 is 17.5 Å². The molecule has 1 amide bonds. The molecule has 2 aromatic heterocycles. The molecule has 8 heteroatoms. The molecule has 3 heterocycles. The number of amides is 1. The van der Waals surface area contributed by atoms with E-state index in [1.165, 1.54) is 0 Å². The Balaban J connectivity index is 1.74. The molecule has 0 fully saturated rings. The minimum Gasteiger partial charge on any atom is -0.326 e. The summed E-state index contributed by atoms with van der Waals surface area (Å²) in [6.07, 6.45) is 3.40. The summed E-state index contributed by atoms with van der Waals surface area (Å²) in [6, 6.07) is 10.9. The van der Waals surface area contributed by atoms with Crippen LogP contribution in [0.3, 0.4) is 0 Å². The molecule has 0 spiro atoms. The average Bonchev–Trinajstić information content (AvgIpc) is 3.11. The molecule has 0 saturated heterocycles. The van der Waals surface area contributed by atoms with E-state index in [0.717, 1.165) is 16.8 Å². The molecule has 0 saturated carbocycles. The van der Waals surface area contributed by atoms with Gasteiger partial charge in [-0.25, -0.2) is 0 Å². The maximum Gasteiger partial charge on any atom is 0.255 e. The van der Waals surface area contributed by atoms with Gasteiger partial charge in [0.05, 0.1) is 5.57 Å². The number of aromatic nitrogens is 5. The third-order valence-corrected chi connectivity index (χ3v) is 4.27. The molecule has 1 atom stereocenters. The SMILES string of the molecule is CC1=C(C(=O)Nc2ccc(C)cc2)[C@H](c2cccnc2)n2nnnc2N1. The Morgan fingerprint density at radius 3 is 2.73 bits per heavy atom. The number of allylic oxidation sites excluding steroid dienone is 1. The fourth-order valence-electron chi connectivity index (χ4n) is 2.99. The quantitative estimate of drug-likeness (QED) is 0.754. The van der Waals surface area contributed by atoms with E-state index in [1.807, 2.05) is 50.2 Å². The van der Waals surface area contributed by atoms with Gasteiger partial charge in [0.1, 0.15) is 6.04 Å². The monoisotopic (exact) mass is 347 g/mol. The second-order valence-electron chi connectivity index (χ2n) is 6.12. The minimum absolute atomic E-state index is 0.214. The summed E-state index contributed by atoms with van der Waals surface area (Å²) in [6.45, 7) is 3.84. The Kier molecular flexibility index (Phi) is 3.92. The standard InChI is InChI=1S/C18H17N7O/c1-11-5-7-14(8-6-11)21-17(26)15-12(2)20-18-22-23-24-25(18)16(15)13-4-3-9-19-10-13/h3-10,16H,1-2H3,(H,21,26)(H,20,22,24)/t16-/m0/s1. The number of hydrogen-bond acceptors (Lipinski definition) is 6. The van der Waals surface area contributed by atoms with Crippen LogP contribution >= 0.6 is 0 Å². The summed E-state index contributed by atoms with van der Waals surface area (Å²) >= 11 is 0. The number of anilines is 2. The van der Waals surface area contributed by atoms with Crippen molar-refractivity contribution in [3.63, 3.8) is 0 Å². The molecule has 3 aromatic rings. The Morgan fingerprint density at radius 2 is 2.00 bits per heavy atom. The van der Waals surface area contributed by atoms with Gasteiger partial charge in [-0.15, -0.1) is 0 Å². The van der Waals surface area contributed by atoms with Crippen molar-refractivity contribution in [3.05, 3.63) is 71.2 Å². The Morgan fingerprint density at radius 1 is 1.19 bits per heavy atom. The fraction of sp³-hybridized carbons (Fsp3) is 0.167. The topological polar surface area (TPSA) is 97.6 Å². The largest absolute Gasteiger partial charge is 0.326 e. The van der Waals surface area contributed by atoms with E-state index in [2.05, 4.69) is 31.1 Å². The Hall–Kier alpha value is -3.55. The molecule has 2 N–H and O–H groups in total. The molecule has 0 bridgehead atoms. The van der Waals surface area contributed by atoms with Gasteiger partial charge in [-0.3, -0.25) is 9.78 Å². The number of pyridine rings is 1. The normalized spacial score (nSPS) is 16.0. The lowest BCUT2D eigenvalue weighted by Gasteiger charge is -2.27. The van der Waals surface area contributed by atoms with Crippen molar-refractivity contribution < 1.29 is 4.79 Å². The van der Waals surface area contributed by atoms with Gasteiger partial charge in [-0.2, -0.15) is 4.68 Å². The summed E-state index contributed by atoms with van der Waals surface area (Å²) in [5, 5.41) is 17.8. The molecule has 0 aliphatic carbocycles. The van der Waals surface area contributed by atoms with Crippen LogP contribution < -0.4 is 10.6 Å². The zero-order chi connectivity index (χ0) is 18.1. The molecule has 8 nitrogen and oxygen atoms in total. The van der Waals surface area contributed by atoms with Crippen LogP contribution in [0.5, 0.6) is 0 Å². The van der Waals surface area contributed by atoms with Crippen molar-refractivity contribution in [2.24, 2.45) is 0 Å². The van der Waals surface area contributed by atoms with Crippen molar-refractivity contribution in [3.8, 4) is 0 Å². The van der Waals surface area contributed by atoms with Crippen LogP contribution in [0.2, 0.25) is 0 Å². The first-order valence-corrected chi connectivity index (χ1v) is 8.17. The molecule has 4 rings (SSSR count). The van der Waals surface area contributed by atoms with Gasteiger partial charge < -0.3 is 10.6 Å². The van der Waals surface area contributed by atoms with E-state index in [4.69, 9.17) is 0 Å².